The van der Waals surface area contributed by atoms with Crippen LogP contribution in [0.15, 0.2) is 51.4 Å². The van der Waals surface area contributed by atoms with Crippen molar-refractivity contribution in [3.8, 4) is 0 Å². The Kier molecular flexibility index (Phi) is 8.69. The topological polar surface area (TPSA) is 73.9 Å². The minimum atomic E-state index is -0.818. The van der Waals surface area contributed by atoms with Crippen molar-refractivity contribution < 1.29 is 23.6 Å². The molecule has 148 valence electrons. The molecular formula is C19H20BBr2NO5. The van der Waals surface area contributed by atoms with Crippen molar-refractivity contribution in [1.82, 2.24) is 5.32 Å². The number of carbonyl (C=O) groups excluding carboxylic acids is 2. The van der Waals surface area contributed by atoms with E-state index in [2.05, 4.69) is 37.2 Å². The molecule has 6 nitrogen and oxygen atoms in total. The fraction of sp³-hybridized carbons (Fsp3) is 0.263. The Labute approximate surface area is 181 Å². The van der Waals surface area contributed by atoms with E-state index >= 15 is 0 Å². The Morgan fingerprint density at radius 2 is 1.57 bits per heavy atom. The van der Waals surface area contributed by atoms with Crippen LogP contribution in [0.4, 0.5) is 0 Å². The summed E-state index contributed by atoms with van der Waals surface area (Å²) < 4.78 is 16.8. The number of hydrogen-bond donors (Lipinski definition) is 1. The fourth-order valence-corrected chi connectivity index (χ4v) is 3.97. The minimum absolute atomic E-state index is 0.290. The summed E-state index contributed by atoms with van der Waals surface area (Å²) in [4.78, 5) is 24.8. The third-order valence-corrected chi connectivity index (χ3v) is 4.95. The molecule has 0 aliphatic rings. The van der Waals surface area contributed by atoms with E-state index in [1.807, 2.05) is 30.3 Å². The van der Waals surface area contributed by atoms with E-state index in [4.69, 9.17) is 14.0 Å². The van der Waals surface area contributed by atoms with Crippen LogP contribution >= 0.6 is 31.9 Å². The molecule has 0 heterocycles. The molecular weight excluding hydrogens is 493 g/mol. The summed E-state index contributed by atoms with van der Waals surface area (Å²) in [7, 11) is 3.96. The van der Waals surface area contributed by atoms with Crippen LogP contribution < -0.4 is 10.8 Å². The lowest BCUT2D eigenvalue weighted by atomic mass is 9.78. The smallest absolute Gasteiger partial charge is 0.467 e. The summed E-state index contributed by atoms with van der Waals surface area (Å²) in [5.41, 5.74) is 2.14. The predicted octanol–water partition coefficient (Wildman–Crippen LogP) is 2.71. The molecule has 2 aromatic rings. The van der Waals surface area contributed by atoms with Crippen molar-refractivity contribution in [2.75, 3.05) is 21.3 Å². The molecule has 0 aliphatic carbocycles. The van der Waals surface area contributed by atoms with Crippen molar-refractivity contribution in [2.24, 2.45) is 0 Å². The molecule has 1 N–H and O–H groups in total. The van der Waals surface area contributed by atoms with E-state index in [1.54, 1.807) is 26.4 Å². The molecule has 28 heavy (non-hydrogen) atoms. The summed E-state index contributed by atoms with van der Waals surface area (Å²) in [5, 5.41) is 2.74. The molecule has 0 saturated heterocycles. The standard InChI is InChI=1S/C19H20BBr2NO5/c1-26-19(25)17(23-18(24)13-9-15(21)11-16(22)10-13)8-12-4-6-14(7-5-12)20(27-2)28-3/h4-7,9-11,17H,8H2,1-3H3,(H,23,24)/t17-/m1/s1. The van der Waals surface area contributed by atoms with E-state index in [9.17, 15) is 9.59 Å². The number of benzene rings is 2. The zero-order valence-corrected chi connectivity index (χ0v) is 18.9. The second kappa shape index (κ2) is 10.8. The van der Waals surface area contributed by atoms with E-state index in [0.29, 0.717) is 12.0 Å². The number of esters is 1. The monoisotopic (exact) mass is 511 g/mol. The Hall–Kier alpha value is -1.68. The first-order valence-electron chi connectivity index (χ1n) is 8.37. The first-order valence-corrected chi connectivity index (χ1v) is 9.95. The van der Waals surface area contributed by atoms with Gasteiger partial charge in [-0.2, -0.15) is 0 Å². The average molecular weight is 513 g/mol. The minimum Gasteiger partial charge on any atom is -0.467 e. The van der Waals surface area contributed by atoms with Crippen molar-refractivity contribution in [1.29, 1.82) is 0 Å². The van der Waals surface area contributed by atoms with Crippen molar-refractivity contribution in [3.05, 3.63) is 62.5 Å². The van der Waals surface area contributed by atoms with Gasteiger partial charge in [-0.05, 0) is 29.2 Å². The van der Waals surface area contributed by atoms with E-state index in [1.165, 1.54) is 7.11 Å². The predicted molar refractivity (Wildman–Crippen MR) is 115 cm³/mol. The highest BCUT2D eigenvalue weighted by Gasteiger charge is 2.24. The molecule has 0 aliphatic heterocycles. The number of rotatable bonds is 8. The number of ether oxygens (including phenoxy) is 1. The highest BCUT2D eigenvalue weighted by atomic mass is 79.9. The van der Waals surface area contributed by atoms with Gasteiger partial charge in [-0.3, -0.25) is 4.79 Å². The average Bonchev–Trinajstić information content (AvgIpc) is 2.68. The summed E-state index contributed by atoms with van der Waals surface area (Å²) in [5.74, 6) is -0.883. The number of halogens is 2. The number of hydrogen-bond acceptors (Lipinski definition) is 5. The molecule has 2 aromatic carbocycles. The first kappa shape index (κ1) is 22.6. The SMILES string of the molecule is COB(OC)c1ccc(C[C@@H](NC(=O)c2cc(Br)cc(Br)c2)C(=O)OC)cc1. The lowest BCUT2D eigenvalue weighted by Gasteiger charge is -2.17. The highest BCUT2D eigenvalue weighted by molar-refractivity contribution is 9.11. The van der Waals surface area contributed by atoms with Crippen LogP contribution in [0.25, 0.3) is 0 Å². The number of methoxy groups -OCH3 is 1. The van der Waals surface area contributed by atoms with Crippen molar-refractivity contribution in [2.45, 2.75) is 12.5 Å². The molecule has 1 atom stereocenters. The van der Waals surface area contributed by atoms with Crippen LogP contribution in [0.1, 0.15) is 15.9 Å². The van der Waals surface area contributed by atoms with E-state index in [0.717, 1.165) is 20.0 Å². The van der Waals surface area contributed by atoms with Gasteiger partial charge in [-0.1, -0.05) is 56.1 Å². The molecule has 0 saturated carbocycles. The van der Waals surface area contributed by atoms with Crippen LogP contribution in [0.3, 0.4) is 0 Å². The molecule has 0 fully saturated rings. The molecule has 0 unspecified atom stereocenters. The van der Waals surface area contributed by atoms with Gasteiger partial charge in [-0.25, -0.2) is 4.79 Å². The highest BCUT2D eigenvalue weighted by Crippen LogP contribution is 2.20. The van der Waals surface area contributed by atoms with Gasteiger partial charge in [-0.15, -0.1) is 0 Å². The summed E-state index contributed by atoms with van der Waals surface area (Å²) in [6.07, 6.45) is 0.290. The summed E-state index contributed by atoms with van der Waals surface area (Å²) in [6.45, 7) is 0. The maximum absolute atomic E-state index is 12.6. The zero-order valence-electron chi connectivity index (χ0n) is 15.7. The van der Waals surface area contributed by atoms with Gasteiger partial charge >= 0.3 is 13.1 Å². The van der Waals surface area contributed by atoms with E-state index < -0.39 is 19.1 Å². The van der Waals surface area contributed by atoms with Crippen LogP contribution in [0, 0.1) is 0 Å². The quantitative estimate of drug-likeness (QED) is 0.435. The molecule has 9 heteroatoms. The first-order chi connectivity index (χ1) is 13.4. The van der Waals surface area contributed by atoms with Crippen LogP contribution in [-0.2, 0) is 25.3 Å². The molecule has 0 radical (unpaired) electrons. The van der Waals surface area contributed by atoms with Gasteiger partial charge in [0.25, 0.3) is 5.91 Å². The third kappa shape index (κ3) is 6.17. The second-order valence-electron chi connectivity index (χ2n) is 5.96. The Balaban J connectivity index is 2.15. The Bertz CT molecular complexity index is 807. The van der Waals surface area contributed by atoms with Crippen molar-refractivity contribution >= 4 is 56.3 Å². The van der Waals surface area contributed by atoms with E-state index in [-0.39, 0.29) is 5.91 Å². The largest absolute Gasteiger partial charge is 0.493 e. The molecule has 0 aromatic heterocycles. The normalized spacial score (nSPS) is 11.6. The van der Waals surface area contributed by atoms with Gasteiger partial charge in [0.05, 0.1) is 7.11 Å². The third-order valence-electron chi connectivity index (χ3n) is 4.04. The number of amides is 1. The van der Waals surface area contributed by atoms with Gasteiger partial charge in [0.15, 0.2) is 0 Å². The molecule has 0 bridgehead atoms. The molecule has 1 amide bonds. The number of carbonyl (C=O) groups is 2. The molecule has 0 spiro atoms. The lowest BCUT2D eigenvalue weighted by Crippen LogP contribution is -2.43. The van der Waals surface area contributed by atoms with Crippen LogP contribution in [0.5, 0.6) is 0 Å². The zero-order chi connectivity index (χ0) is 20.7. The van der Waals surface area contributed by atoms with Crippen LogP contribution in [0.2, 0.25) is 0 Å². The Morgan fingerprint density at radius 1 is 1.00 bits per heavy atom. The van der Waals surface area contributed by atoms with Crippen molar-refractivity contribution in [3.63, 3.8) is 0 Å². The van der Waals surface area contributed by atoms with Gasteiger partial charge < -0.3 is 19.4 Å². The van der Waals surface area contributed by atoms with Crippen LogP contribution in [-0.4, -0.2) is 46.4 Å². The fourth-order valence-electron chi connectivity index (χ4n) is 2.68. The molecule has 2 rings (SSSR count). The summed E-state index contributed by atoms with van der Waals surface area (Å²) in [6, 6.07) is 11.8. The van der Waals surface area contributed by atoms with Gasteiger partial charge in [0, 0.05) is 35.1 Å². The maximum Gasteiger partial charge on any atom is 0.493 e. The second-order valence-corrected chi connectivity index (χ2v) is 7.79. The van der Waals surface area contributed by atoms with Gasteiger partial charge in [0.2, 0.25) is 0 Å². The number of nitrogens with one attached hydrogen (secondary N) is 1. The van der Waals surface area contributed by atoms with Gasteiger partial charge in [0.1, 0.15) is 6.04 Å². The Morgan fingerprint density at radius 3 is 2.07 bits per heavy atom. The summed E-state index contributed by atoms with van der Waals surface area (Å²) >= 11 is 6.70. The maximum atomic E-state index is 12.6. The lowest BCUT2D eigenvalue weighted by molar-refractivity contribution is -0.142.